The van der Waals surface area contributed by atoms with E-state index in [1.807, 2.05) is 0 Å². The maximum Gasteiger partial charge on any atom is 0.288 e. The molecule has 0 fully saturated rings. The number of nitro groups is 1. The molecule has 1 atom stereocenters. The van der Waals surface area contributed by atoms with Crippen molar-refractivity contribution in [1.82, 2.24) is 10.2 Å². The van der Waals surface area contributed by atoms with Gasteiger partial charge in [0.05, 0.1) is 4.92 Å². The van der Waals surface area contributed by atoms with E-state index < -0.39 is 11.0 Å². The molecule has 2 aromatic rings. The summed E-state index contributed by atoms with van der Waals surface area (Å²) in [6.07, 6.45) is -0.473. The van der Waals surface area contributed by atoms with Crippen molar-refractivity contribution in [3.05, 3.63) is 45.1 Å². The minimum Gasteiger partial charge on any atom is -0.481 e. The number of rotatable bonds is 4. The van der Waals surface area contributed by atoms with Crippen LogP contribution in [-0.4, -0.2) is 15.1 Å². The average molecular weight is 284 g/mol. The zero-order chi connectivity index (χ0) is 14.0. The predicted octanol–water partition coefficient (Wildman–Crippen LogP) is 3.08. The Morgan fingerprint density at radius 1 is 1.47 bits per heavy atom. The summed E-state index contributed by atoms with van der Waals surface area (Å²) in [7, 11) is 0. The lowest BCUT2D eigenvalue weighted by molar-refractivity contribution is -0.384. The van der Waals surface area contributed by atoms with Crippen molar-refractivity contribution in [3.8, 4) is 5.75 Å². The molecule has 7 nitrogen and oxygen atoms in total. The summed E-state index contributed by atoms with van der Waals surface area (Å²) in [5.74, 6) is 1.15. The molecule has 0 radical (unpaired) electrons. The van der Waals surface area contributed by atoms with Gasteiger partial charge in [0, 0.05) is 19.1 Å². The molecule has 0 spiro atoms. The summed E-state index contributed by atoms with van der Waals surface area (Å²) in [4.78, 5) is 10.1. The van der Waals surface area contributed by atoms with Gasteiger partial charge in [-0.3, -0.25) is 10.1 Å². The van der Waals surface area contributed by atoms with Gasteiger partial charge in [0.1, 0.15) is 10.8 Å². The third-order valence-corrected chi connectivity index (χ3v) is 2.62. The van der Waals surface area contributed by atoms with Crippen LogP contribution in [0.4, 0.5) is 5.69 Å². The third kappa shape index (κ3) is 3.00. The normalized spacial score (nSPS) is 12.2. The number of hydrogen-bond acceptors (Lipinski definition) is 6. The second kappa shape index (κ2) is 5.23. The fourth-order valence-corrected chi connectivity index (χ4v) is 1.68. The van der Waals surface area contributed by atoms with E-state index in [0.717, 1.165) is 0 Å². The van der Waals surface area contributed by atoms with Crippen molar-refractivity contribution in [3.63, 3.8) is 0 Å². The van der Waals surface area contributed by atoms with E-state index in [-0.39, 0.29) is 10.7 Å². The second-order valence-electron chi connectivity index (χ2n) is 3.79. The van der Waals surface area contributed by atoms with Gasteiger partial charge < -0.3 is 9.15 Å². The molecule has 0 aliphatic heterocycles. The van der Waals surface area contributed by atoms with Crippen molar-refractivity contribution in [1.29, 1.82) is 0 Å². The summed E-state index contributed by atoms with van der Waals surface area (Å²) in [6, 6.07) is 4.12. The highest BCUT2D eigenvalue weighted by Crippen LogP contribution is 2.30. The predicted molar refractivity (Wildman–Crippen MR) is 66.2 cm³/mol. The topological polar surface area (TPSA) is 91.3 Å². The van der Waals surface area contributed by atoms with Gasteiger partial charge in [-0.25, -0.2) is 0 Å². The van der Waals surface area contributed by atoms with Crippen LogP contribution in [0.2, 0.25) is 5.02 Å². The summed E-state index contributed by atoms with van der Waals surface area (Å²) < 4.78 is 10.7. The Hall–Kier alpha value is -2.15. The number of ether oxygens (including phenoxy) is 1. The van der Waals surface area contributed by atoms with E-state index in [9.17, 15) is 10.1 Å². The Labute approximate surface area is 113 Å². The molecule has 8 heteroatoms. The molecule has 0 aliphatic rings. The van der Waals surface area contributed by atoms with Gasteiger partial charge in [-0.15, -0.1) is 10.2 Å². The standard InChI is InChI=1S/C11H10ClN3O4/c1-6(11-14-13-7(2)19-11)18-8-3-4-10(15(16)17)9(12)5-8/h3-6H,1-2H3/t6-/m0/s1. The van der Waals surface area contributed by atoms with Crippen LogP contribution in [0, 0.1) is 17.0 Å². The van der Waals surface area contributed by atoms with Gasteiger partial charge in [-0.05, 0) is 13.0 Å². The molecular formula is C11H10ClN3O4. The number of hydrogen-bond donors (Lipinski definition) is 0. The molecule has 0 saturated heterocycles. The van der Waals surface area contributed by atoms with Crippen molar-refractivity contribution in [2.45, 2.75) is 20.0 Å². The quantitative estimate of drug-likeness (QED) is 0.632. The van der Waals surface area contributed by atoms with Crippen LogP contribution in [0.25, 0.3) is 0 Å². The Balaban J connectivity index is 2.15. The molecule has 0 N–H and O–H groups in total. The fourth-order valence-electron chi connectivity index (χ4n) is 1.44. The second-order valence-corrected chi connectivity index (χ2v) is 4.20. The Morgan fingerprint density at radius 2 is 2.21 bits per heavy atom. The Kier molecular flexibility index (Phi) is 3.66. The van der Waals surface area contributed by atoms with Gasteiger partial charge in [-0.1, -0.05) is 11.6 Å². The number of nitrogens with zero attached hydrogens (tertiary/aromatic N) is 3. The summed E-state index contributed by atoms with van der Waals surface area (Å²) in [6.45, 7) is 3.40. The van der Waals surface area contributed by atoms with Gasteiger partial charge in [0.25, 0.3) is 11.6 Å². The number of nitro benzene ring substituents is 1. The zero-order valence-electron chi connectivity index (χ0n) is 10.2. The van der Waals surface area contributed by atoms with E-state index in [0.29, 0.717) is 17.5 Å². The molecule has 19 heavy (non-hydrogen) atoms. The lowest BCUT2D eigenvalue weighted by Gasteiger charge is -2.10. The molecule has 0 amide bonds. The van der Waals surface area contributed by atoms with Gasteiger partial charge in [-0.2, -0.15) is 0 Å². The Morgan fingerprint density at radius 3 is 2.74 bits per heavy atom. The molecule has 2 rings (SSSR count). The minimum absolute atomic E-state index is 0.0106. The lowest BCUT2D eigenvalue weighted by atomic mass is 10.3. The monoisotopic (exact) mass is 283 g/mol. The minimum atomic E-state index is -0.559. The molecular weight excluding hydrogens is 274 g/mol. The molecule has 0 bridgehead atoms. The molecule has 0 unspecified atom stereocenters. The smallest absolute Gasteiger partial charge is 0.288 e. The van der Waals surface area contributed by atoms with E-state index in [4.69, 9.17) is 20.8 Å². The molecule has 0 saturated carbocycles. The zero-order valence-corrected chi connectivity index (χ0v) is 10.9. The Bertz CT molecular complexity index is 614. The van der Waals surface area contributed by atoms with Gasteiger partial charge in [0.15, 0.2) is 6.10 Å². The first-order valence-corrected chi connectivity index (χ1v) is 5.76. The van der Waals surface area contributed by atoms with E-state index in [1.54, 1.807) is 13.8 Å². The van der Waals surface area contributed by atoms with E-state index in [1.165, 1.54) is 18.2 Å². The summed E-state index contributed by atoms with van der Waals surface area (Å²) in [5.41, 5.74) is -0.171. The highest BCUT2D eigenvalue weighted by atomic mass is 35.5. The molecule has 100 valence electrons. The van der Waals surface area contributed by atoms with Crippen molar-refractivity contribution < 1.29 is 14.1 Å². The van der Waals surface area contributed by atoms with Crippen LogP contribution < -0.4 is 4.74 Å². The molecule has 1 aromatic heterocycles. The number of halogens is 1. The van der Waals surface area contributed by atoms with Crippen molar-refractivity contribution >= 4 is 17.3 Å². The van der Waals surface area contributed by atoms with Crippen molar-refractivity contribution in [2.75, 3.05) is 0 Å². The number of benzene rings is 1. The first kappa shape index (κ1) is 13.3. The third-order valence-electron chi connectivity index (χ3n) is 2.32. The van der Waals surface area contributed by atoms with Gasteiger partial charge >= 0.3 is 0 Å². The van der Waals surface area contributed by atoms with E-state index in [2.05, 4.69) is 10.2 Å². The maximum atomic E-state index is 10.6. The molecule has 1 aromatic carbocycles. The van der Waals surface area contributed by atoms with Crippen LogP contribution in [0.1, 0.15) is 24.8 Å². The first-order chi connectivity index (χ1) is 8.97. The van der Waals surface area contributed by atoms with Crippen LogP contribution >= 0.6 is 11.6 Å². The van der Waals surface area contributed by atoms with Crippen LogP contribution in [0.3, 0.4) is 0 Å². The fraction of sp³-hybridized carbons (Fsp3) is 0.273. The highest BCUT2D eigenvalue weighted by Gasteiger charge is 2.17. The largest absolute Gasteiger partial charge is 0.481 e. The molecule has 0 aliphatic carbocycles. The van der Waals surface area contributed by atoms with E-state index >= 15 is 0 Å². The first-order valence-electron chi connectivity index (χ1n) is 5.38. The lowest BCUT2D eigenvalue weighted by Crippen LogP contribution is -2.03. The average Bonchev–Trinajstić information content (AvgIpc) is 2.75. The van der Waals surface area contributed by atoms with Crippen molar-refractivity contribution in [2.24, 2.45) is 0 Å². The number of aryl methyl sites for hydroxylation is 1. The van der Waals surface area contributed by atoms with Crippen LogP contribution in [0.15, 0.2) is 22.6 Å². The van der Waals surface area contributed by atoms with Gasteiger partial charge in [0.2, 0.25) is 5.89 Å². The maximum absolute atomic E-state index is 10.6. The SMILES string of the molecule is Cc1nnc([C@H](C)Oc2ccc([N+](=O)[O-])c(Cl)c2)o1. The molecule has 1 heterocycles. The van der Waals surface area contributed by atoms with Crippen LogP contribution in [-0.2, 0) is 0 Å². The number of aromatic nitrogens is 2. The highest BCUT2D eigenvalue weighted by molar-refractivity contribution is 6.32. The summed E-state index contributed by atoms with van der Waals surface area (Å²) >= 11 is 5.78. The summed E-state index contributed by atoms with van der Waals surface area (Å²) in [5, 5.41) is 18.2. The van der Waals surface area contributed by atoms with Crippen LogP contribution in [0.5, 0.6) is 5.75 Å².